The van der Waals surface area contributed by atoms with E-state index in [0.29, 0.717) is 12.2 Å². The SMILES string of the molecule is CCNC(Cc1cc(C)nn1C)C(F)(F)F. The minimum Gasteiger partial charge on any atom is -0.306 e. The number of hydrogen-bond donors (Lipinski definition) is 1. The van der Waals surface area contributed by atoms with Crippen molar-refractivity contribution in [3.05, 3.63) is 17.5 Å². The number of halogens is 3. The van der Waals surface area contributed by atoms with E-state index >= 15 is 0 Å². The number of aryl methyl sites for hydroxylation is 2. The smallest absolute Gasteiger partial charge is 0.306 e. The lowest BCUT2D eigenvalue weighted by Crippen LogP contribution is -2.44. The maximum Gasteiger partial charge on any atom is 0.404 e. The van der Waals surface area contributed by atoms with Gasteiger partial charge in [-0.15, -0.1) is 0 Å². The number of nitrogens with one attached hydrogen (secondary N) is 1. The van der Waals surface area contributed by atoms with Crippen LogP contribution in [0.15, 0.2) is 6.07 Å². The monoisotopic (exact) mass is 235 g/mol. The fourth-order valence-electron chi connectivity index (χ4n) is 1.61. The Kier molecular flexibility index (Phi) is 3.96. The fourth-order valence-corrected chi connectivity index (χ4v) is 1.61. The molecule has 0 radical (unpaired) electrons. The zero-order valence-electron chi connectivity index (χ0n) is 9.60. The van der Waals surface area contributed by atoms with E-state index in [-0.39, 0.29) is 6.42 Å². The molecule has 1 unspecified atom stereocenters. The molecule has 0 aliphatic rings. The summed E-state index contributed by atoms with van der Waals surface area (Å²) in [5.41, 5.74) is 1.32. The molecule has 1 atom stereocenters. The summed E-state index contributed by atoms with van der Waals surface area (Å²) >= 11 is 0. The third-order valence-electron chi connectivity index (χ3n) is 2.36. The van der Waals surface area contributed by atoms with Gasteiger partial charge in [-0.1, -0.05) is 6.92 Å². The molecule has 0 saturated heterocycles. The summed E-state index contributed by atoms with van der Waals surface area (Å²) in [5, 5.41) is 6.47. The number of rotatable bonds is 4. The van der Waals surface area contributed by atoms with Crippen LogP contribution in [0.4, 0.5) is 13.2 Å². The van der Waals surface area contributed by atoms with Crippen LogP contribution in [-0.2, 0) is 13.5 Å². The quantitative estimate of drug-likeness (QED) is 0.862. The second-order valence-corrected chi connectivity index (χ2v) is 3.76. The van der Waals surface area contributed by atoms with E-state index in [4.69, 9.17) is 0 Å². The minimum absolute atomic E-state index is 0.0886. The molecule has 0 spiro atoms. The van der Waals surface area contributed by atoms with Crippen molar-refractivity contribution in [1.29, 1.82) is 0 Å². The van der Waals surface area contributed by atoms with Crippen LogP contribution < -0.4 is 5.32 Å². The van der Waals surface area contributed by atoms with Crippen molar-refractivity contribution in [3.8, 4) is 0 Å². The summed E-state index contributed by atoms with van der Waals surface area (Å²) < 4.78 is 39.4. The first-order valence-corrected chi connectivity index (χ1v) is 5.14. The Bertz CT molecular complexity index is 344. The van der Waals surface area contributed by atoms with Crippen LogP contribution in [0, 0.1) is 6.92 Å². The molecule has 92 valence electrons. The van der Waals surface area contributed by atoms with Crippen LogP contribution in [0.1, 0.15) is 18.3 Å². The molecule has 0 aliphatic carbocycles. The standard InChI is InChI=1S/C10H16F3N3/c1-4-14-9(10(11,12)13)6-8-5-7(2)15-16(8)3/h5,9,14H,4,6H2,1-3H3. The van der Waals surface area contributed by atoms with E-state index in [1.807, 2.05) is 0 Å². The summed E-state index contributed by atoms with van der Waals surface area (Å²) in [5.74, 6) is 0. The van der Waals surface area contributed by atoms with E-state index in [1.54, 1.807) is 27.0 Å². The maximum atomic E-state index is 12.6. The maximum absolute atomic E-state index is 12.6. The van der Waals surface area contributed by atoms with Crippen LogP contribution >= 0.6 is 0 Å². The van der Waals surface area contributed by atoms with Gasteiger partial charge in [-0.2, -0.15) is 18.3 Å². The van der Waals surface area contributed by atoms with E-state index < -0.39 is 12.2 Å². The molecule has 1 N–H and O–H groups in total. The molecule has 0 amide bonds. The normalized spacial score (nSPS) is 14.1. The zero-order valence-corrected chi connectivity index (χ0v) is 9.60. The predicted molar refractivity (Wildman–Crippen MR) is 55.2 cm³/mol. The van der Waals surface area contributed by atoms with E-state index in [2.05, 4.69) is 10.4 Å². The molecule has 0 bridgehead atoms. The Labute approximate surface area is 92.6 Å². The van der Waals surface area contributed by atoms with Crippen molar-refractivity contribution in [1.82, 2.24) is 15.1 Å². The van der Waals surface area contributed by atoms with Gasteiger partial charge in [0.2, 0.25) is 0 Å². The van der Waals surface area contributed by atoms with Crippen LogP contribution in [-0.4, -0.2) is 28.5 Å². The first kappa shape index (κ1) is 13.0. The van der Waals surface area contributed by atoms with Crippen LogP contribution in [0.2, 0.25) is 0 Å². The first-order valence-electron chi connectivity index (χ1n) is 5.14. The Morgan fingerprint density at radius 3 is 2.50 bits per heavy atom. The Morgan fingerprint density at radius 1 is 1.50 bits per heavy atom. The molecular formula is C10H16F3N3. The summed E-state index contributed by atoms with van der Waals surface area (Å²) in [6.07, 6.45) is -4.32. The minimum atomic E-state index is -4.23. The molecule has 0 aromatic carbocycles. The highest BCUT2D eigenvalue weighted by Gasteiger charge is 2.39. The van der Waals surface area contributed by atoms with Crippen molar-refractivity contribution in [2.45, 2.75) is 32.5 Å². The van der Waals surface area contributed by atoms with Gasteiger partial charge in [0.25, 0.3) is 0 Å². The Hall–Kier alpha value is -1.04. The highest BCUT2D eigenvalue weighted by molar-refractivity contribution is 5.10. The van der Waals surface area contributed by atoms with Gasteiger partial charge < -0.3 is 5.32 Å². The Balaban J connectivity index is 2.79. The van der Waals surface area contributed by atoms with Crippen molar-refractivity contribution in [2.75, 3.05) is 6.54 Å². The van der Waals surface area contributed by atoms with Crippen molar-refractivity contribution >= 4 is 0 Å². The highest BCUT2D eigenvalue weighted by Crippen LogP contribution is 2.23. The summed E-state index contributed by atoms with van der Waals surface area (Å²) in [7, 11) is 1.65. The molecule has 1 aromatic heterocycles. The number of likely N-dealkylation sites (N-methyl/N-ethyl adjacent to an activating group) is 1. The summed E-state index contributed by atoms with van der Waals surface area (Å²) in [4.78, 5) is 0. The lowest BCUT2D eigenvalue weighted by atomic mass is 10.1. The van der Waals surface area contributed by atoms with Crippen molar-refractivity contribution in [3.63, 3.8) is 0 Å². The van der Waals surface area contributed by atoms with Crippen molar-refractivity contribution in [2.24, 2.45) is 7.05 Å². The average molecular weight is 235 g/mol. The van der Waals surface area contributed by atoms with Crippen LogP contribution in [0.5, 0.6) is 0 Å². The lowest BCUT2D eigenvalue weighted by molar-refractivity contribution is -0.155. The highest BCUT2D eigenvalue weighted by atomic mass is 19.4. The van der Waals surface area contributed by atoms with E-state index in [0.717, 1.165) is 5.69 Å². The van der Waals surface area contributed by atoms with Gasteiger partial charge in [-0.05, 0) is 19.5 Å². The molecule has 3 nitrogen and oxygen atoms in total. The van der Waals surface area contributed by atoms with Crippen LogP contribution in [0.25, 0.3) is 0 Å². The first-order chi connectivity index (χ1) is 7.34. The number of aromatic nitrogens is 2. The van der Waals surface area contributed by atoms with Gasteiger partial charge in [0, 0.05) is 19.2 Å². The predicted octanol–water partition coefficient (Wildman–Crippen LogP) is 1.81. The largest absolute Gasteiger partial charge is 0.404 e. The fraction of sp³-hybridized carbons (Fsp3) is 0.700. The van der Waals surface area contributed by atoms with Gasteiger partial charge in [-0.3, -0.25) is 4.68 Å². The Morgan fingerprint density at radius 2 is 2.12 bits per heavy atom. The molecule has 1 aromatic rings. The molecule has 0 saturated carbocycles. The van der Waals surface area contributed by atoms with Crippen LogP contribution in [0.3, 0.4) is 0 Å². The van der Waals surface area contributed by atoms with Gasteiger partial charge in [0.05, 0.1) is 5.69 Å². The lowest BCUT2D eigenvalue weighted by Gasteiger charge is -2.20. The summed E-state index contributed by atoms with van der Waals surface area (Å²) in [6, 6.07) is 0.170. The molecule has 1 heterocycles. The second-order valence-electron chi connectivity index (χ2n) is 3.76. The van der Waals surface area contributed by atoms with Crippen molar-refractivity contribution < 1.29 is 13.2 Å². The zero-order chi connectivity index (χ0) is 12.3. The van der Waals surface area contributed by atoms with Gasteiger partial charge in [0.1, 0.15) is 6.04 Å². The molecule has 6 heteroatoms. The topological polar surface area (TPSA) is 29.9 Å². The average Bonchev–Trinajstić information content (AvgIpc) is 2.43. The van der Waals surface area contributed by atoms with Gasteiger partial charge >= 0.3 is 6.18 Å². The molecule has 0 aliphatic heterocycles. The second kappa shape index (κ2) is 4.86. The number of nitrogens with zero attached hydrogens (tertiary/aromatic N) is 2. The molecular weight excluding hydrogens is 219 g/mol. The third kappa shape index (κ3) is 3.23. The molecule has 0 fully saturated rings. The number of alkyl halides is 3. The third-order valence-corrected chi connectivity index (χ3v) is 2.36. The van der Waals surface area contributed by atoms with E-state index in [1.165, 1.54) is 4.68 Å². The van der Waals surface area contributed by atoms with Gasteiger partial charge in [-0.25, -0.2) is 0 Å². The summed E-state index contributed by atoms with van der Waals surface area (Å²) in [6.45, 7) is 3.72. The molecule has 1 rings (SSSR count). The van der Waals surface area contributed by atoms with E-state index in [9.17, 15) is 13.2 Å². The number of hydrogen-bond acceptors (Lipinski definition) is 2. The molecule has 16 heavy (non-hydrogen) atoms. The van der Waals surface area contributed by atoms with Gasteiger partial charge in [0.15, 0.2) is 0 Å².